The van der Waals surface area contributed by atoms with E-state index in [2.05, 4.69) is 4.72 Å². The number of hydrogen-bond donors (Lipinski definition) is 1. The second-order valence-corrected chi connectivity index (χ2v) is 7.22. The Labute approximate surface area is 134 Å². The first-order valence-electron chi connectivity index (χ1n) is 7.36. The zero-order valence-electron chi connectivity index (χ0n) is 12.6. The van der Waals surface area contributed by atoms with Gasteiger partial charge in [-0.3, -0.25) is 14.9 Å². The van der Waals surface area contributed by atoms with Crippen LogP contribution in [0.5, 0.6) is 0 Å². The van der Waals surface area contributed by atoms with Gasteiger partial charge in [-0.25, -0.2) is 13.1 Å². The van der Waals surface area contributed by atoms with Crippen LogP contribution < -0.4 is 4.72 Å². The van der Waals surface area contributed by atoms with Gasteiger partial charge in [0.2, 0.25) is 15.9 Å². The van der Waals surface area contributed by atoms with E-state index in [1.54, 1.807) is 4.90 Å². The van der Waals surface area contributed by atoms with Crippen LogP contribution >= 0.6 is 0 Å². The van der Waals surface area contributed by atoms with Crippen LogP contribution in [-0.4, -0.2) is 43.8 Å². The van der Waals surface area contributed by atoms with Crippen molar-refractivity contribution >= 4 is 21.6 Å². The molecule has 1 amide bonds. The standard InChI is InChI=1S/C14H19N3O5S/c18-14-3-1-9-16(14)10-2-8-15-23(21,22)11-12-4-6-13(7-5-12)17(19)20/h4-7,15H,1-3,8-11H2. The molecule has 1 aromatic carbocycles. The highest BCUT2D eigenvalue weighted by atomic mass is 32.2. The van der Waals surface area contributed by atoms with Crippen molar-refractivity contribution in [2.75, 3.05) is 19.6 Å². The molecule has 0 aliphatic carbocycles. The quantitative estimate of drug-likeness (QED) is 0.431. The minimum atomic E-state index is -3.50. The molecule has 1 aromatic rings. The summed E-state index contributed by atoms with van der Waals surface area (Å²) in [6.07, 6.45) is 2.00. The zero-order valence-corrected chi connectivity index (χ0v) is 13.4. The lowest BCUT2D eigenvalue weighted by atomic mass is 10.2. The van der Waals surface area contributed by atoms with Gasteiger partial charge < -0.3 is 4.90 Å². The van der Waals surface area contributed by atoms with Gasteiger partial charge in [-0.15, -0.1) is 0 Å². The normalized spacial score (nSPS) is 15.1. The van der Waals surface area contributed by atoms with Crippen LogP contribution in [0.1, 0.15) is 24.8 Å². The fourth-order valence-electron chi connectivity index (χ4n) is 2.42. The summed E-state index contributed by atoms with van der Waals surface area (Å²) in [5.74, 6) is -0.105. The SMILES string of the molecule is O=C1CCCN1CCCNS(=O)(=O)Cc1ccc([N+](=O)[O-])cc1. The molecule has 8 nitrogen and oxygen atoms in total. The van der Waals surface area contributed by atoms with Gasteiger partial charge in [0.15, 0.2) is 0 Å². The Balaban J connectivity index is 1.77. The minimum absolute atomic E-state index is 0.0746. The number of nitro benzene ring substituents is 1. The number of amides is 1. The molecule has 0 saturated carbocycles. The van der Waals surface area contributed by atoms with Crippen molar-refractivity contribution in [2.24, 2.45) is 0 Å². The molecule has 0 unspecified atom stereocenters. The van der Waals surface area contributed by atoms with Crippen molar-refractivity contribution < 1.29 is 18.1 Å². The molecule has 23 heavy (non-hydrogen) atoms. The fraction of sp³-hybridized carbons (Fsp3) is 0.500. The molecular formula is C14H19N3O5S. The first kappa shape index (κ1) is 17.4. The van der Waals surface area contributed by atoms with Gasteiger partial charge in [0, 0.05) is 38.2 Å². The predicted molar refractivity (Wildman–Crippen MR) is 84.2 cm³/mol. The van der Waals surface area contributed by atoms with Crippen LogP contribution in [-0.2, 0) is 20.6 Å². The molecule has 1 aliphatic rings. The highest BCUT2D eigenvalue weighted by Crippen LogP contribution is 2.14. The van der Waals surface area contributed by atoms with Crippen molar-refractivity contribution in [2.45, 2.75) is 25.0 Å². The average molecular weight is 341 g/mol. The molecule has 9 heteroatoms. The van der Waals surface area contributed by atoms with Gasteiger partial charge in [0.05, 0.1) is 10.7 Å². The molecule has 126 valence electrons. The number of sulfonamides is 1. The summed E-state index contributed by atoms with van der Waals surface area (Å²) in [6, 6.07) is 5.42. The summed E-state index contributed by atoms with van der Waals surface area (Å²) in [5.41, 5.74) is 0.409. The van der Waals surface area contributed by atoms with Gasteiger partial charge in [-0.1, -0.05) is 12.1 Å². The van der Waals surface area contributed by atoms with Crippen LogP contribution in [0, 0.1) is 10.1 Å². The van der Waals surface area contributed by atoms with Crippen molar-refractivity contribution in [1.29, 1.82) is 0 Å². The third kappa shape index (κ3) is 5.29. The van der Waals surface area contributed by atoms with Gasteiger partial charge >= 0.3 is 0 Å². The maximum atomic E-state index is 12.0. The number of rotatable bonds is 8. The number of non-ortho nitro benzene ring substituents is 1. The van der Waals surface area contributed by atoms with Gasteiger partial charge in [0.1, 0.15) is 0 Å². The maximum Gasteiger partial charge on any atom is 0.269 e. The molecule has 1 saturated heterocycles. The van der Waals surface area contributed by atoms with E-state index in [0.717, 1.165) is 13.0 Å². The lowest BCUT2D eigenvalue weighted by Crippen LogP contribution is -2.31. The van der Waals surface area contributed by atoms with E-state index in [4.69, 9.17) is 0 Å². The van der Waals surface area contributed by atoms with E-state index in [9.17, 15) is 23.3 Å². The van der Waals surface area contributed by atoms with E-state index in [0.29, 0.717) is 24.9 Å². The van der Waals surface area contributed by atoms with E-state index in [1.807, 2.05) is 0 Å². The molecular weight excluding hydrogens is 322 g/mol. The van der Waals surface area contributed by atoms with E-state index in [1.165, 1.54) is 24.3 Å². The molecule has 2 rings (SSSR count). The first-order valence-corrected chi connectivity index (χ1v) is 9.01. The number of benzene rings is 1. The van der Waals surface area contributed by atoms with Crippen LogP contribution in [0.2, 0.25) is 0 Å². The number of nitrogens with zero attached hydrogens (tertiary/aromatic N) is 2. The molecule has 0 bridgehead atoms. The van der Waals surface area contributed by atoms with Crippen molar-refractivity contribution in [3.05, 3.63) is 39.9 Å². The summed E-state index contributed by atoms with van der Waals surface area (Å²) >= 11 is 0. The second-order valence-electron chi connectivity index (χ2n) is 5.41. The Morgan fingerprint density at radius 3 is 2.52 bits per heavy atom. The smallest absolute Gasteiger partial charge is 0.269 e. The second kappa shape index (κ2) is 7.51. The van der Waals surface area contributed by atoms with Gasteiger partial charge in [-0.2, -0.15) is 0 Å². The fourth-order valence-corrected chi connectivity index (χ4v) is 3.61. The molecule has 1 N–H and O–H groups in total. The summed E-state index contributed by atoms with van der Waals surface area (Å²) in [5, 5.41) is 10.6. The molecule has 0 atom stereocenters. The molecule has 1 fully saturated rings. The lowest BCUT2D eigenvalue weighted by molar-refractivity contribution is -0.384. The molecule has 0 spiro atoms. The highest BCUT2D eigenvalue weighted by molar-refractivity contribution is 7.88. The Morgan fingerprint density at radius 1 is 1.26 bits per heavy atom. The Bertz CT molecular complexity index is 672. The molecule has 1 aliphatic heterocycles. The average Bonchev–Trinajstić information content (AvgIpc) is 2.89. The van der Waals surface area contributed by atoms with Crippen molar-refractivity contribution in [3.63, 3.8) is 0 Å². The molecule has 0 radical (unpaired) electrons. The minimum Gasteiger partial charge on any atom is -0.343 e. The Kier molecular flexibility index (Phi) is 5.67. The third-order valence-electron chi connectivity index (χ3n) is 3.60. The van der Waals surface area contributed by atoms with Crippen molar-refractivity contribution in [3.8, 4) is 0 Å². The van der Waals surface area contributed by atoms with E-state index >= 15 is 0 Å². The predicted octanol–water partition coefficient (Wildman–Crippen LogP) is 1.03. The topological polar surface area (TPSA) is 110 Å². The number of carbonyl (C=O) groups excluding carboxylic acids is 1. The van der Waals surface area contributed by atoms with Crippen LogP contribution in [0.25, 0.3) is 0 Å². The Hall–Kier alpha value is -2.00. The lowest BCUT2D eigenvalue weighted by Gasteiger charge is -2.15. The zero-order chi connectivity index (χ0) is 16.9. The summed E-state index contributed by atoms with van der Waals surface area (Å²) in [4.78, 5) is 23.2. The van der Waals surface area contributed by atoms with Crippen LogP contribution in [0.4, 0.5) is 5.69 Å². The number of likely N-dealkylation sites (tertiary alicyclic amines) is 1. The van der Waals surface area contributed by atoms with Gasteiger partial charge in [-0.05, 0) is 18.4 Å². The van der Waals surface area contributed by atoms with Gasteiger partial charge in [0.25, 0.3) is 5.69 Å². The summed E-state index contributed by atoms with van der Waals surface area (Å²) in [6.45, 7) is 1.56. The highest BCUT2D eigenvalue weighted by Gasteiger charge is 2.19. The largest absolute Gasteiger partial charge is 0.343 e. The van der Waals surface area contributed by atoms with Crippen LogP contribution in [0.3, 0.4) is 0 Å². The summed E-state index contributed by atoms with van der Waals surface area (Å²) < 4.78 is 26.4. The molecule has 0 aromatic heterocycles. The maximum absolute atomic E-state index is 12.0. The summed E-state index contributed by atoms with van der Waals surface area (Å²) in [7, 11) is -3.50. The number of hydrogen-bond acceptors (Lipinski definition) is 5. The van der Waals surface area contributed by atoms with E-state index < -0.39 is 14.9 Å². The third-order valence-corrected chi connectivity index (χ3v) is 4.96. The Morgan fingerprint density at radius 2 is 1.96 bits per heavy atom. The van der Waals surface area contributed by atoms with Crippen LogP contribution in [0.15, 0.2) is 24.3 Å². The number of nitrogens with one attached hydrogen (secondary N) is 1. The number of carbonyl (C=O) groups is 1. The molecule has 1 heterocycles. The van der Waals surface area contributed by atoms with E-state index in [-0.39, 0.29) is 23.9 Å². The van der Waals surface area contributed by atoms with Crippen molar-refractivity contribution in [1.82, 2.24) is 9.62 Å². The monoisotopic (exact) mass is 341 g/mol. The first-order chi connectivity index (χ1) is 10.9. The number of nitro groups is 1.